The molecule has 1 aliphatic heterocycles. The second-order valence-electron chi connectivity index (χ2n) is 3.13. The highest BCUT2D eigenvalue weighted by Gasteiger charge is 2.12. The Hall–Kier alpha value is -0.720. The third-order valence-corrected chi connectivity index (χ3v) is 2.31. The standard InChI is InChI=1S/C10H16O/c1-5-10-6-7(2)8(3)11-9(10)4/h5-6H2,1-4H3. The average molecular weight is 152 g/mol. The van der Waals surface area contributed by atoms with Crippen LogP contribution in [-0.2, 0) is 4.74 Å². The first-order valence-electron chi connectivity index (χ1n) is 4.18. The normalized spacial score (nSPS) is 18.9. The Morgan fingerprint density at radius 3 is 2.36 bits per heavy atom. The molecule has 0 amide bonds. The molecule has 1 heterocycles. The van der Waals surface area contributed by atoms with Crippen LogP contribution in [0.5, 0.6) is 0 Å². The lowest BCUT2D eigenvalue weighted by Gasteiger charge is -2.20. The fourth-order valence-corrected chi connectivity index (χ4v) is 1.33. The van der Waals surface area contributed by atoms with Crippen LogP contribution in [0.15, 0.2) is 22.7 Å². The predicted octanol–water partition coefficient (Wildman–Crippen LogP) is 3.38. The molecule has 0 aromatic heterocycles. The minimum Gasteiger partial charge on any atom is -0.467 e. The van der Waals surface area contributed by atoms with Crippen molar-refractivity contribution in [3.8, 4) is 0 Å². The molecule has 1 rings (SSSR count). The fourth-order valence-electron chi connectivity index (χ4n) is 1.33. The monoisotopic (exact) mass is 152 g/mol. The van der Waals surface area contributed by atoms with Crippen LogP contribution in [0.2, 0.25) is 0 Å². The van der Waals surface area contributed by atoms with Crippen LogP contribution in [0.4, 0.5) is 0 Å². The minimum atomic E-state index is 1.08. The molecule has 0 unspecified atom stereocenters. The van der Waals surface area contributed by atoms with Crippen LogP contribution >= 0.6 is 0 Å². The van der Waals surface area contributed by atoms with Gasteiger partial charge in [0.05, 0.1) is 11.5 Å². The zero-order valence-electron chi connectivity index (χ0n) is 7.82. The van der Waals surface area contributed by atoms with E-state index in [-0.39, 0.29) is 0 Å². The molecule has 1 heteroatoms. The Labute approximate surface area is 68.8 Å². The predicted molar refractivity (Wildman–Crippen MR) is 47.1 cm³/mol. The molecule has 1 aliphatic rings. The molecule has 0 radical (unpaired) electrons. The lowest BCUT2D eigenvalue weighted by Crippen LogP contribution is -2.02. The second-order valence-corrected chi connectivity index (χ2v) is 3.13. The smallest absolute Gasteiger partial charge is 0.1000 e. The highest BCUT2D eigenvalue weighted by molar-refractivity contribution is 5.23. The van der Waals surface area contributed by atoms with E-state index in [1.165, 1.54) is 11.1 Å². The average Bonchev–Trinajstić information content (AvgIpc) is 1.97. The van der Waals surface area contributed by atoms with E-state index in [2.05, 4.69) is 20.8 Å². The molecule has 0 atom stereocenters. The third kappa shape index (κ3) is 1.65. The van der Waals surface area contributed by atoms with Crippen LogP contribution in [0.1, 0.15) is 40.5 Å². The molecule has 1 nitrogen and oxygen atoms in total. The molecule has 0 aromatic carbocycles. The summed E-state index contributed by atoms with van der Waals surface area (Å²) in [5, 5.41) is 0. The number of allylic oxidation sites excluding steroid dienone is 4. The van der Waals surface area contributed by atoms with E-state index in [0.717, 1.165) is 24.4 Å². The van der Waals surface area contributed by atoms with Gasteiger partial charge in [-0.1, -0.05) is 6.92 Å². The van der Waals surface area contributed by atoms with Crippen molar-refractivity contribution in [3.63, 3.8) is 0 Å². The lowest BCUT2D eigenvalue weighted by molar-refractivity contribution is 0.286. The van der Waals surface area contributed by atoms with Crippen LogP contribution in [-0.4, -0.2) is 0 Å². The first-order chi connectivity index (χ1) is 5.15. The summed E-state index contributed by atoms with van der Waals surface area (Å²) in [6.45, 7) is 8.40. The van der Waals surface area contributed by atoms with Gasteiger partial charge < -0.3 is 4.74 Å². The van der Waals surface area contributed by atoms with Gasteiger partial charge in [0.25, 0.3) is 0 Å². The maximum absolute atomic E-state index is 5.56. The summed E-state index contributed by atoms with van der Waals surface area (Å²) in [5.41, 5.74) is 2.81. The van der Waals surface area contributed by atoms with Gasteiger partial charge >= 0.3 is 0 Å². The summed E-state index contributed by atoms with van der Waals surface area (Å²) in [5.74, 6) is 2.19. The minimum absolute atomic E-state index is 1.08. The Kier molecular flexibility index (Phi) is 2.38. The maximum atomic E-state index is 5.56. The maximum Gasteiger partial charge on any atom is 0.1000 e. The molecule has 0 aromatic rings. The summed E-state index contributed by atoms with van der Waals surface area (Å²) in [4.78, 5) is 0. The molecule has 0 saturated carbocycles. The molecule has 62 valence electrons. The van der Waals surface area contributed by atoms with Crippen molar-refractivity contribution >= 4 is 0 Å². The number of rotatable bonds is 1. The van der Waals surface area contributed by atoms with Gasteiger partial charge in [-0.25, -0.2) is 0 Å². The summed E-state index contributed by atoms with van der Waals surface area (Å²) < 4.78 is 5.56. The van der Waals surface area contributed by atoms with E-state index in [4.69, 9.17) is 4.74 Å². The van der Waals surface area contributed by atoms with E-state index in [0.29, 0.717) is 0 Å². The van der Waals surface area contributed by atoms with Gasteiger partial charge in [0.2, 0.25) is 0 Å². The highest BCUT2D eigenvalue weighted by Crippen LogP contribution is 2.28. The Bertz CT molecular complexity index is 221. The van der Waals surface area contributed by atoms with Gasteiger partial charge in [0.1, 0.15) is 0 Å². The highest BCUT2D eigenvalue weighted by atomic mass is 16.5. The molecule has 0 N–H and O–H groups in total. The number of hydrogen-bond acceptors (Lipinski definition) is 1. The van der Waals surface area contributed by atoms with Gasteiger partial charge in [-0.15, -0.1) is 0 Å². The number of hydrogen-bond donors (Lipinski definition) is 0. The second kappa shape index (κ2) is 3.12. The van der Waals surface area contributed by atoms with Gasteiger partial charge in [-0.2, -0.15) is 0 Å². The summed E-state index contributed by atoms with van der Waals surface area (Å²) in [6.07, 6.45) is 2.21. The zero-order chi connectivity index (χ0) is 8.43. The van der Waals surface area contributed by atoms with Crippen LogP contribution in [0.3, 0.4) is 0 Å². The van der Waals surface area contributed by atoms with Crippen molar-refractivity contribution < 1.29 is 4.74 Å². The fraction of sp³-hybridized carbons (Fsp3) is 0.600. The van der Waals surface area contributed by atoms with E-state index < -0.39 is 0 Å². The molecule has 0 aliphatic carbocycles. The molecular weight excluding hydrogens is 136 g/mol. The van der Waals surface area contributed by atoms with Crippen LogP contribution in [0, 0.1) is 0 Å². The van der Waals surface area contributed by atoms with E-state index >= 15 is 0 Å². The summed E-state index contributed by atoms with van der Waals surface area (Å²) >= 11 is 0. The van der Waals surface area contributed by atoms with E-state index in [1.807, 2.05) is 6.92 Å². The first kappa shape index (κ1) is 8.38. The van der Waals surface area contributed by atoms with Crippen molar-refractivity contribution in [1.82, 2.24) is 0 Å². The van der Waals surface area contributed by atoms with E-state index in [1.54, 1.807) is 0 Å². The van der Waals surface area contributed by atoms with Crippen molar-refractivity contribution in [2.45, 2.75) is 40.5 Å². The van der Waals surface area contributed by atoms with E-state index in [9.17, 15) is 0 Å². The first-order valence-corrected chi connectivity index (χ1v) is 4.18. The summed E-state index contributed by atoms with van der Waals surface area (Å²) in [7, 11) is 0. The molecule has 0 fully saturated rings. The number of ether oxygens (including phenoxy) is 1. The van der Waals surface area contributed by atoms with Crippen LogP contribution < -0.4 is 0 Å². The largest absolute Gasteiger partial charge is 0.467 e. The Morgan fingerprint density at radius 2 is 1.82 bits per heavy atom. The van der Waals surface area contributed by atoms with Crippen molar-refractivity contribution in [2.75, 3.05) is 0 Å². The topological polar surface area (TPSA) is 9.23 Å². The van der Waals surface area contributed by atoms with Gasteiger partial charge in [-0.3, -0.25) is 0 Å². The van der Waals surface area contributed by atoms with Gasteiger partial charge in [0.15, 0.2) is 0 Å². The summed E-state index contributed by atoms with van der Waals surface area (Å²) in [6, 6.07) is 0. The van der Waals surface area contributed by atoms with Crippen molar-refractivity contribution in [1.29, 1.82) is 0 Å². The van der Waals surface area contributed by atoms with Crippen molar-refractivity contribution in [2.24, 2.45) is 0 Å². The zero-order valence-corrected chi connectivity index (χ0v) is 7.82. The van der Waals surface area contributed by atoms with Gasteiger partial charge in [-0.05, 0) is 44.8 Å². The molecule has 0 bridgehead atoms. The molecule has 11 heavy (non-hydrogen) atoms. The lowest BCUT2D eigenvalue weighted by atomic mass is 10.0. The third-order valence-electron chi connectivity index (χ3n) is 2.31. The molecular formula is C10H16O. The quantitative estimate of drug-likeness (QED) is 0.559. The Morgan fingerprint density at radius 1 is 1.18 bits per heavy atom. The van der Waals surface area contributed by atoms with Gasteiger partial charge in [0, 0.05) is 0 Å². The van der Waals surface area contributed by atoms with Crippen LogP contribution in [0.25, 0.3) is 0 Å². The SMILES string of the molecule is CCC1=C(C)OC(C)=C(C)C1. The molecule has 0 saturated heterocycles. The van der Waals surface area contributed by atoms with Crippen molar-refractivity contribution in [3.05, 3.63) is 22.7 Å². The Balaban J connectivity index is 2.79. The molecule has 0 spiro atoms.